The van der Waals surface area contributed by atoms with Crippen LogP contribution in [0.25, 0.3) is 0 Å². The van der Waals surface area contributed by atoms with Crippen LogP contribution in [-0.4, -0.2) is 18.1 Å². The lowest BCUT2D eigenvalue weighted by Gasteiger charge is -2.28. The second kappa shape index (κ2) is 6.92. The Kier molecular flexibility index (Phi) is 5.83. The Balaban J connectivity index is 2.88. The van der Waals surface area contributed by atoms with E-state index in [9.17, 15) is 4.79 Å². The van der Waals surface area contributed by atoms with Crippen molar-refractivity contribution in [1.82, 2.24) is 0 Å². The zero-order valence-electron chi connectivity index (χ0n) is 11.9. The number of esters is 1. The molecule has 3 atom stereocenters. The Morgan fingerprint density at radius 3 is 2.11 bits per heavy atom. The molecule has 0 radical (unpaired) electrons. The molecule has 19 heavy (non-hydrogen) atoms. The zero-order valence-corrected chi connectivity index (χ0v) is 12.6. The van der Waals surface area contributed by atoms with Crippen molar-refractivity contribution in [3.8, 4) is 0 Å². The van der Waals surface area contributed by atoms with E-state index in [1.54, 1.807) is 6.92 Å². The van der Waals surface area contributed by atoms with Crippen molar-refractivity contribution in [1.29, 1.82) is 0 Å². The van der Waals surface area contributed by atoms with E-state index >= 15 is 0 Å². The van der Waals surface area contributed by atoms with Crippen LogP contribution in [0.3, 0.4) is 0 Å². The maximum absolute atomic E-state index is 11.6. The Hall–Kier alpha value is -1.06. The molecule has 2 N–H and O–H groups in total. The fourth-order valence-corrected chi connectivity index (χ4v) is 2.37. The third-order valence-corrected chi connectivity index (χ3v) is 3.40. The minimum Gasteiger partial charge on any atom is -0.461 e. The van der Waals surface area contributed by atoms with Gasteiger partial charge in [0.05, 0.1) is 0 Å². The van der Waals surface area contributed by atoms with E-state index < -0.39 is 6.04 Å². The van der Waals surface area contributed by atoms with E-state index in [1.807, 2.05) is 31.2 Å². The van der Waals surface area contributed by atoms with E-state index in [0.29, 0.717) is 10.9 Å². The largest absolute Gasteiger partial charge is 0.461 e. The first-order valence-electron chi connectivity index (χ1n) is 6.54. The number of carbonyl (C=O) groups is 1. The average molecular weight is 284 g/mol. The summed E-state index contributed by atoms with van der Waals surface area (Å²) in [5.74, 6) is 0.101. The molecular weight excluding hydrogens is 262 g/mol. The molecule has 0 aliphatic carbocycles. The van der Waals surface area contributed by atoms with Crippen molar-refractivity contribution >= 4 is 17.6 Å². The fourth-order valence-electron chi connectivity index (χ4n) is 2.25. The first-order valence-corrected chi connectivity index (χ1v) is 6.92. The molecule has 0 spiro atoms. The number of hydrogen-bond donors (Lipinski definition) is 1. The van der Waals surface area contributed by atoms with Gasteiger partial charge in [0, 0.05) is 10.9 Å². The van der Waals surface area contributed by atoms with Crippen LogP contribution in [0.15, 0.2) is 24.3 Å². The lowest BCUT2D eigenvalue weighted by atomic mass is 9.84. The molecule has 0 aliphatic heterocycles. The first kappa shape index (κ1) is 16.0. The van der Waals surface area contributed by atoms with Gasteiger partial charge in [-0.15, -0.1) is 0 Å². The molecule has 0 heterocycles. The van der Waals surface area contributed by atoms with Gasteiger partial charge in [0.25, 0.3) is 0 Å². The van der Waals surface area contributed by atoms with Gasteiger partial charge in [-0.25, -0.2) is 0 Å². The smallest absolute Gasteiger partial charge is 0.322 e. The predicted octanol–water partition coefficient (Wildman–Crippen LogP) is 3.36. The summed E-state index contributed by atoms with van der Waals surface area (Å²) in [4.78, 5) is 11.6. The third-order valence-electron chi connectivity index (χ3n) is 3.15. The van der Waals surface area contributed by atoms with Crippen molar-refractivity contribution in [3.05, 3.63) is 34.9 Å². The molecular formula is C15H22ClNO2. The standard InChI is InChI=1S/C15H22ClNO2/c1-9(2)14(11(4)19-15(18)10(3)17)12-5-7-13(16)8-6-12/h5-11,14H,17H2,1-4H3/t10-,11-,14+/m0/s1. The monoisotopic (exact) mass is 283 g/mol. The van der Waals surface area contributed by atoms with Crippen molar-refractivity contribution in [2.45, 2.75) is 45.8 Å². The summed E-state index contributed by atoms with van der Waals surface area (Å²) >= 11 is 5.90. The summed E-state index contributed by atoms with van der Waals surface area (Å²) in [5, 5.41) is 0.700. The number of hydrogen-bond acceptors (Lipinski definition) is 3. The Morgan fingerprint density at radius 2 is 1.68 bits per heavy atom. The topological polar surface area (TPSA) is 52.3 Å². The van der Waals surface area contributed by atoms with E-state index in [-0.39, 0.29) is 18.0 Å². The second-order valence-corrected chi connectivity index (χ2v) is 5.69. The summed E-state index contributed by atoms with van der Waals surface area (Å²) in [7, 11) is 0. The van der Waals surface area contributed by atoms with Crippen LogP contribution >= 0.6 is 11.6 Å². The van der Waals surface area contributed by atoms with E-state index in [2.05, 4.69) is 13.8 Å². The van der Waals surface area contributed by atoms with Crippen LogP contribution in [0.4, 0.5) is 0 Å². The Morgan fingerprint density at radius 1 is 1.16 bits per heavy atom. The van der Waals surface area contributed by atoms with Crippen LogP contribution in [0.2, 0.25) is 5.02 Å². The molecule has 0 aliphatic rings. The molecule has 1 aromatic rings. The number of rotatable bonds is 5. The summed E-state index contributed by atoms with van der Waals surface area (Å²) in [6.45, 7) is 7.74. The quantitative estimate of drug-likeness (QED) is 0.843. The Bertz CT molecular complexity index is 415. The zero-order chi connectivity index (χ0) is 14.6. The molecule has 0 saturated carbocycles. The Labute approximate surface area is 120 Å². The lowest BCUT2D eigenvalue weighted by molar-refractivity contribution is -0.151. The fraction of sp³-hybridized carbons (Fsp3) is 0.533. The molecule has 0 fully saturated rings. The van der Waals surface area contributed by atoms with Crippen LogP contribution in [0.5, 0.6) is 0 Å². The number of nitrogens with two attached hydrogens (primary N) is 1. The van der Waals surface area contributed by atoms with Crippen LogP contribution in [-0.2, 0) is 9.53 Å². The molecule has 0 amide bonds. The van der Waals surface area contributed by atoms with Crippen molar-refractivity contribution < 1.29 is 9.53 Å². The van der Waals surface area contributed by atoms with Crippen molar-refractivity contribution in [2.24, 2.45) is 11.7 Å². The highest BCUT2D eigenvalue weighted by atomic mass is 35.5. The maximum Gasteiger partial charge on any atom is 0.322 e. The van der Waals surface area contributed by atoms with Crippen molar-refractivity contribution in [2.75, 3.05) is 0 Å². The molecule has 0 aromatic heterocycles. The van der Waals surface area contributed by atoms with Gasteiger partial charge in [-0.1, -0.05) is 37.6 Å². The average Bonchev–Trinajstić information content (AvgIpc) is 2.31. The van der Waals surface area contributed by atoms with Gasteiger partial charge in [-0.3, -0.25) is 4.79 Å². The van der Waals surface area contributed by atoms with E-state index in [0.717, 1.165) is 5.56 Å². The highest BCUT2D eigenvalue weighted by Crippen LogP contribution is 2.30. The second-order valence-electron chi connectivity index (χ2n) is 5.25. The highest BCUT2D eigenvalue weighted by molar-refractivity contribution is 6.30. The number of halogens is 1. The summed E-state index contributed by atoms with van der Waals surface area (Å²) in [5.41, 5.74) is 6.64. The van der Waals surface area contributed by atoms with Crippen molar-refractivity contribution in [3.63, 3.8) is 0 Å². The predicted molar refractivity (Wildman–Crippen MR) is 78.2 cm³/mol. The molecule has 0 bridgehead atoms. The van der Waals surface area contributed by atoms with Crippen LogP contribution in [0.1, 0.15) is 39.2 Å². The van der Waals surface area contributed by atoms with Gasteiger partial charge in [0.2, 0.25) is 0 Å². The van der Waals surface area contributed by atoms with Crippen LogP contribution in [0, 0.1) is 5.92 Å². The molecule has 3 nitrogen and oxygen atoms in total. The molecule has 1 aromatic carbocycles. The molecule has 1 rings (SSSR count). The molecule has 106 valence electrons. The summed E-state index contributed by atoms with van der Waals surface area (Å²) in [6.07, 6.45) is -0.223. The van der Waals surface area contributed by atoms with Gasteiger partial charge in [0.1, 0.15) is 12.1 Å². The lowest BCUT2D eigenvalue weighted by Crippen LogP contribution is -2.34. The maximum atomic E-state index is 11.6. The first-order chi connectivity index (χ1) is 8.82. The van der Waals surface area contributed by atoms with Gasteiger partial charge in [0.15, 0.2) is 0 Å². The minimum atomic E-state index is -0.597. The van der Waals surface area contributed by atoms with Gasteiger partial charge < -0.3 is 10.5 Å². The normalized spacial score (nSPS) is 15.9. The third kappa shape index (κ3) is 4.51. The van der Waals surface area contributed by atoms with Gasteiger partial charge in [-0.2, -0.15) is 0 Å². The van der Waals surface area contributed by atoms with Gasteiger partial charge >= 0.3 is 5.97 Å². The summed E-state index contributed by atoms with van der Waals surface area (Å²) < 4.78 is 5.42. The summed E-state index contributed by atoms with van der Waals surface area (Å²) in [6, 6.07) is 7.06. The SMILES string of the molecule is CC(C)[C@@H](c1ccc(Cl)cc1)[C@H](C)OC(=O)[C@H](C)N. The number of benzene rings is 1. The number of ether oxygens (including phenoxy) is 1. The highest BCUT2D eigenvalue weighted by Gasteiger charge is 2.26. The van der Waals surface area contributed by atoms with E-state index in [4.69, 9.17) is 22.1 Å². The number of carbonyl (C=O) groups excluding carboxylic acids is 1. The van der Waals surface area contributed by atoms with Crippen LogP contribution < -0.4 is 5.73 Å². The molecule has 0 unspecified atom stereocenters. The van der Waals surface area contributed by atoms with Gasteiger partial charge in [-0.05, 0) is 37.5 Å². The molecule has 4 heteroatoms. The molecule has 0 saturated heterocycles. The van der Waals surface area contributed by atoms with E-state index in [1.165, 1.54) is 0 Å². The minimum absolute atomic E-state index is 0.125.